The fraction of sp³-hybridized carbons (Fsp3) is 1.00. The fourth-order valence-electron chi connectivity index (χ4n) is 3.42. The molecule has 18 heavy (non-hydrogen) atoms. The average Bonchev–Trinajstić information content (AvgIpc) is 3.05. The molecule has 0 aromatic heterocycles. The van der Waals surface area contributed by atoms with Gasteiger partial charge in [-0.2, -0.15) is 0 Å². The van der Waals surface area contributed by atoms with Gasteiger partial charge >= 0.3 is 0 Å². The Bertz CT molecular complexity index is 238. The highest BCUT2D eigenvalue weighted by atomic mass is 15.3. The van der Waals surface area contributed by atoms with Crippen molar-refractivity contribution in [2.24, 2.45) is 5.92 Å². The van der Waals surface area contributed by atoms with Gasteiger partial charge in [-0.1, -0.05) is 12.8 Å². The maximum Gasteiger partial charge on any atom is 0.0110 e. The Morgan fingerprint density at radius 1 is 0.833 bits per heavy atom. The van der Waals surface area contributed by atoms with Crippen molar-refractivity contribution in [3.8, 4) is 0 Å². The molecule has 0 radical (unpaired) electrons. The van der Waals surface area contributed by atoms with Crippen LogP contribution in [0.3, 0.4) is 0 Å². The predicted molar refractivity (Wildman–Crippen MR) is 75.9 cm³/mol. The molecule has 3 heteroatoms. The molecule has 0 unspecified atom stereocenters. The molecule has 0 atom stereocenters. The highest BCUT2D eigenvalue weighted by molar-refractivity contribution is 4.81. The molecule has 1 aliphatic heterocycles. The van der Waals surface area contributed by atoms with E-state index < -0.39 is 0 Å². The number of piperazine rings is 1. The average molecular weight is 251 g/mol. The molecular weight excluding hydrogens is 222 g/mol. The summed E-state index contributed by atoms with van der Waals surface area (Å²) in [5, 5.41) is 3.73. The second kappa shape index (κ2) is 6.36. The number of rotatable bonds is 6. The molecule has 3 nitrogen and oxygen atoms in total. The van der Waals surface area contributed by atoms with E-state index in [1.165, 1.54) is 84.3 Å². The number of hydrogen-bond donors (Lipinski definition) is 1. The summed E-state index contributed by atoms with van der Waals surface area (Å²) in [6, 6.07) is 0.834. The number of hydrogen-bond acceptors (Lipinski definition) is 3. The number of nitrogens with zero attached hydrogens (tertiary/aromatic N) is 2. The zero-order valence-electron chi connectivity index (χ0n) is 11.7. The van der Waals surface area contributed by atoms with Crippen molar-refractivity contribution in [1.29, 1.82) is 0 Å². The van der Waals surface area contributed by atoms with Crippen molar-refractivity contribution in [2.45, 2.75) is 44.6 Å². The summed E-state index contributed by atoms with van der Waals surface area (Å²) in [5.41, 5.74) is 0. The Morgan fingerprint density at radius 2 is 1.50 bits per heavy atom. The Kier molecular flexibility index (Phi) is 4.55. The SMILES string of the molecule is C1CCC(NCCN2CCN(CC3CC3)CC2)C1. The first-order valence-electron chi connectivity index (χ1n) is 8.08. The van der Waals surface area contributed by atoms with Crippen molar-refractivity contribution in [2.75, 3.05) is 45.8 Å². The molecule has 0 spiro atoms. The first-order chi connectivity index (χ1) is 8.90. The molecule has 2 aliphatic carbocycles. The third kappa shape index (κ3) is 3.94. The highest BCUT2D eigenvalue weighted by Crippen LogP contribution is 2.29. The van der Waals surface area contributed by atoms with Crippen LogP contribution in [0.15, 0.2) is 0 Å². The van der Waals surface area contributed by atoms with Gasteiger partial charge in [-0.15, -0.1) is 0 Å². The van der Waals surface area contributed by atoms with Crippen LogP contribution >= 0.6 is 0 Å². The van der Waals surface area contributed by atoms with Crippen LogP contribution in [0.5, 0.6) is 0 Å². The van der Waals surface area contributed by atoms with Crippen LogP contribution < -0.4 is 5.32 Å². The molecule has 104 valence electrons. The van der Waals surface area contributed by atoms with Crippen LogP contribution in [0.25, 0.3) is 0 Å². The van der Waals surface area contributed by atoms with E-state index in [2.05, 4.69) is 15.1 Å². The van der Waals surface area contributed by atoms with Gasteiger partial charge in [0.15, 0.2) is 0 Å². The van der Waals surface area contributed by atoms with E-state index in [1.807, 2.05) is 0 Å². The monoisotopic (exact) mass is 251 g/mol. The zero-order chi connectivity index (χ0) is 12.2. The molecular formula is C15H29N3. The van der Waals surface area contributed by atoms with Gasteiger partial charge in [0.25, 0.3) is 0 Å². The third-order valence-electron chi connectivity index (χ3n) is 4.89. The first kappa shape index (κ1) is 12.9. The molecule has 1 saturated heterocycles. The van der Waals surface area contributed by atoms with Crippen LogP contribution in [0.1, 0.15) is 38.5 Å². The van der Waals surface area contributed by atoms with Crippen LogP contribution in [-0.2, 0) is 0 Å². The van der Waals surface area contributed by atoms with Gasteiger partial charge in [0.2, 0.25) is 0 Å². The van der Waals surface area contributed by atoms with Crippen LogP contribution in [-0.4, -0.2) is 61.7 Å². The maximum absolute atomic E-state index is 3.73. The largest absolute Gasteiger partial charge is 0.313 e. The van der Waals surface area contributed by atoms with Gasteiger partial charge in [-0.3, -0.25) is 4.90 Å². The first-order valence-corrected chi connectivity index (χ1v) is 8.08. The molecule has 2 saturated carbocycles. The normalized spacial score (nSPS) is 28.0. The van der Waals surface area contributed by atoms with Crippen LogP contribution in [0.2, 0.25) is 0 Å². The Hall–Kier alpha value is -0.120. The Labute approximate surface area is 112 Å². The molecule has 1 N–H and O–H groups in total. The van der Waals surface area contributed by atoms with Crippen molar-refractivity contribution in [1.82, 2.24) is 15.1 Å². The summed E-state index contributed by atoms with van der Waals surface area (Å²) in [6.07, 6.45) is 8.69. The molecule has 0 amide bonds. The molecule has 3 aliphatic rings. The summed E-state index contributed by atoms with van der Waals surface area (Å²) in [4.78, 5) is 5.32. The Morgan fingerprint density at radius 3 is 2.17 bits per heavy atom. The summed E-state index contributed by atoms with van der Waals surface area (Å²) in [7, 11) is 0. The second-order valence-corrected chi connectivity index (χ2v) is 6.52. The zero-order valence-corrected chi connectivity index (χ0v) is 11.7. The van der Waals surface area contributed by atoms with Gasteiger partial charge in [0.1, 0.15) is 0 Å². The van der Waals surface area contributed by atoms with E-state index in [4.69, 9.17) is 0 Å². The lowest BCUT2D eigenvalue weighted by Gasteiger charge is -2.35. The minimum atomic E-state index is 0.834. The van der Waals surface area contributed by atoms with Gasteiger partial charge in [0.05, 0.1) is 0 Å². The minimum Gasteiger partial charge on any atom is -0.313 e. The lowest BCUT2D eigenvalue weighted by Crippen LogP contribution is -2.49. The minimum absolute atomic E-state index is 0.834. The van der Waals surface area contributed by atoms with E-state index >= 15 is 0 Å². The van der Waals surface area contributed by atoms with Crippen molar-refractivity contribution < 1.29 is 0 Å². The molecule has 0 aromatic carbocycles. The van der Waals surface area contributed by atoms with Crippen molar-refractivity contribution in [3.63, 3.8) is 0 Å². The standard InChI is InChI=1S/C15H29N3/c1-2-4-15(3-1)16-7-8-17-9-11-18(12-10-17)13-14-5-6-14/h14-16H,1-13H2. The Balaban J connectivity index is 1.25. The highest BCUT2D eigenvalue weighted by Gasteiger charge is 2.26. The quantitative estimate of drug-likeness (QED) is 0.773. The van der Waals surface area contributed by atoms with E-state index in [9.17, 15) is 0 Å². The molecule has 0 bridgehead atoms. The molecule has 3 rings (SSSR count). The van der Waals surface area contributed by atoms with E-state index in [0.29, 0.717) is 0 Å². The molecule has 0 aromatic rings. The fourth-order valence-corrected chi connectivity index (χ4v) is 3.42. The van der Waals surface area contributed by atoms with Crippen LogP contribution in [0.4, 0.5) is 0 Å². The topological polar surface area (TPSA) is 18.5 Å². The van der Waals surface area contributed by atoms with E-state index in [0.717, 1.165) is 12.0 Å². The van der Waals surface area contributed by atoms with Crippen molar-refractivity contribution >= 4 is 0 Å². The summed E-state index contributed by atoms with van der Waals surface area (Å²) < 4.78 is 0. The lowest BCUT2D eigenvalue weighted by atomic mass is 10.2. The number of nitrogens with one attached hydrogen (secondary N) is 1. The third-order valence-corrected chi connectivity index (χ3v) is 4.89. The summed E-state index contributed by atoms with van der Waals surface area (Å²) >= 11 is 0. The smallest absolute Gasteiger partial charge is 0.0110 e. The second-order valence-electron chi connectivity index (χ2n) is 6.52. The maximum atomic E-state index is 3.73. The van der Waals surface area contributed by atoms with E-state index in [1.54, 1.807) is 0 Å². The van der Waals surface area contributed by atoms with Gasteiger partial charge in [0, 0.05) is 51.9 Å². The van der Waals surface area contributed by atoms with Gasteiger partial charge < -0.3 is 10.2 Å². The molecule has 1 heterocycles. The van der Waals surface area contributed by atoms with Crippen LogP contribution in [0, 0.1) is 5.92 Å². The summed E-state index contributed by atoms with van der Waals surface area (Å²) in [5.74, 6) is 1.06. The van der Waals surface area contributed by atoms with E-state index in [-0.39, 0.29) is 0 Å². The summed E-state index contributed by atoms with van der Waals surface area (Å²) in [6.45, 7) is 9.03. The predicted octanol–water partition coefficient (Wildman–Crippen LogP) is 1.55. The molecule has 3 fully saturated rings. The lowest BCUT2D eigenvalue weighted by molar-refractivity contribution is 0.128. The van der Waals surface area contributed by atoms with Gasteiger partial charge in [-0.05, 0) is 31.6 Å². The van der Waals surface area contributed by atoms with Gasteiger partial charge in [-0.25, -0.2) is 0 Å². The van der Waals surface area contributed by atoms with Crippen molar-refractivity contribution in [3.05, 3.63) is 0 Å².